The standard InChI is InChI=1S/C9H10FNO2.C2H6/c1-9(2)5-3-7(10)8(4-6-9)11(12)13;1-2/h3-6H,1-2H3;1-2H3. The molecule has 4 heteroatoms. The highest BCUT2D eigenvalue weighted by atomic mass is 19.1. The Kier molecular flexibility index (Phi) is 4.91. The molecular weight excluding hydrogens is 197 g/mol. The van der Waals surface area contributed by atoms with Gasteiger partial charge in [0, 0.05) is 11.5 Å². The SMILES string of the molecule is CC.CC1(C)C=CC(F)=C([N+](=O)[O-])C=C1. The van der Waals surface area contributed by atoms with Crippen LogP contribution in [0.15, 0.2) is 35.8 Å². The Morgan fingerprint density at radius 2 is 1.73 bits per heavy atom. The van der Waals surface area contributed by atoms with Gasteiger partial charge in [-0.3, -0.25) is 10.1 Å². The first-order chi connectivity index (χ1) is 6.92. The maximum atomic E-state index is 13.0. The Morgan fingerprint density at radius 1 is 1.27 bits per heavy atom. The summed E-state index contributed by atoms with van der Waals surface area (Å²) in [6.45, 7) is 7.69. The molecule has 0 heterocycles. The van der Waals surface area contributed by atoms with Gasteiger partial charge in [-0.15, -0.1) is 0 Å². The van der Waals surface area contributed by atoms with E-state index in [4.69, 9.17) is 0 Å². The van der Waals surface area contributed by atoms with Crippen LogP contribution >= 0.6 is 0 Å². The van der Waals surface area contributed by atoms with Gasteiger partial charge in [0.05, 0.1) is 4.92 Å². The molecule has 0 aromatic rings. The highest BCUT2D eigenvalue weighted by molar-refractivity contribution is 5.30. The number of hydrogen-bond donors (Lipinski definition) is 0. The molecule has 0 atom stereocenters. The number of nitrogens with zero attached hydrogens (tertiary/aromatic N) is 1. The average Bonchev–Trinajstić information content (AvgIpc) is 2.30. The van der Waals surface area contributed by atoms with Gasteiger partial charge in [0.1, 0.15) is 0 Å². The van der Waals surface area contributed by atoms with Crippen molar-refractivity contribution in [2.75, 3.05) is 0 Å². The van der Waals surface area contributed by atoms with Crippen molar-refractivity contribution in [3.8, 4) is 0 Å². The van der Waals surface area contributed by atoms with E-state index in [1.54, 1.807) is 12.2 Å². The molecule has 84 valence electrons. The third-order valence-corrected chi connectivity index (χ3v) is 1.77. The molecule has 1 aliphatic rings. The first-order valence-corrected chi connectivity index (χ1v) is 4.85. The summed E-state index contributed by atoms with van der Waals surface area (Å²) in [5.41, 5.74) is -0.823. The van der Waals surface area contributed by atoms with Crippen LogP contribution in [-0.4, -0.2) is 4.92 Å². The zero-order valence-corrected chi connectivity index (χ0v) is 9.45. The summed E-state index contributed by atoms with van der Waals surface area (Å²) in [5.74, 6) is -0.799. The first kappa shape index (κ1) is 13.5. The second-order valence-corrected chi connectivity index (χ2v) is 3.48. The molecule has 0 aromatic heterocycles. The van der Waals surface area contributed by atoms with E-state index in [1.165, 1.54) is 6.08 Å². The highest BCUT2D eigenvalue weighted by Gasteiger charge is 2.20. The van der Waals surface area contributed by atoms with Gasteiger partial charge in [0.2, 0.25) is 0 Å². The van der Waals surface area contributed by atoms with Crippen LogP contribution in [0.5, 0.6) is 0 Å². The van der Waals surface area contributed by atoms with Crippen molar-refractivity contribution in [3.05, 3.63) is 45.9 Å². The fourth-order valence-corrected chi connectivity index (χ4v) is 0.950. The lowest BCUT2D eigenvalue weighted by Crippen LogP contribution is -2.01. The minimum absolute atomic E-state index is 0.338. The Labute approximate surface area is 89.1 Å². The van der Waals surface area contributed by atoms with Crippen LogP contribution in [-0.2, 0) is 0 Å². The summed E-state index contributed by atoms with van der Waals surface area (Å²) in [4.78, 5) is 9.63. The molecule has 1 aliphatic carbocycles. The van der Waals surface area contributed by atoms with Crippen LogP contribution in [0.1, 0.15) is 27.7 Å². The maximum Gasteiger partial charge on any atom is 0.304 e. The quantitative estimate of drug-likeness (QED) is 0.493. The fraction of sp³-hybridized carbons (Fsp3) is 0.455. The van der Waals surface area contributed by atoms with E-state index < -0.39 is 16.4 Å². The summed E-state index contributed by atoms with van der Waals surface area (Å²) >= 11 is 0. The predicted molar refractivity (Wildman–Crippen MR) is 58.5 cm³/mol. The van der Waals surface area contributed by atoms with Crippen molar-refractivity contribution < 1.29 is 9.31 Å². The second kappa shape index (κ2) is 5.44. The molecule has 0 aliphatic heterocycles. The zero-order chi connectivity index (χ0) is 12.1. The molecule has 1 rings (SSSR count). The third-order valence-electron chi connectivity index (χ3n) is 1.77. The highest BCUT2D eigenvalue weighted by Crippen LogP contribution is 2.25. The average molecular weight is 213 g/mol. The van der Waals surface area contributed by atoms with Gasteiger partial charge in [0.25, 0.3) is 0 Å². The number of allylic oxidation sites excluding steroid dienone is 5. The molecule has 0 amide bonds. The normalized spacial score (nSPS) is 17.9. The monoisotopic (exact) mass is 213 g/mol. The van der Waals surface area contributed by atoms with E-state index in [-0.39, 0.29) is 5.41 Å². The third kappa shape index (κ3) is 4.06. The summed E-state index contributed by atoms with van der Waals surface area (Å²) in [7, 11) is 0. The largest absolute Gasteiger partial charge is 0.304 e. The van der Waals surface area contributed by atoms with Crippen molar-refractivity contribution >= 4 is 0 Å². The van der Waals surface area contributed by atoms with Gasteiger partial charge < -0.3 is 0 Å². The molecule has 0 spiro atoms. The minimum atomic E-state index is -0.799. The molecule has 0 radical (unpaired) electrons. The van der Waals surface area contributed by atoms with Crippen molar-refractivity contribution in [2.24, 2.45) is 5.41 Å². The number of hydrogen-bond acceptors (Lipinski definition) is 2. The van der Waals surface area contributed by atoms with Gasteiger partial charge in [0.15, 0.2) is 5.83 Å². The summed E-state index contributed by atoms with van der Waals surface area (Å²) in [6, 6.07) is 0. The summed E-state index contributed by atoms with van der Waals surface area (Å²) in [5, 5.41) is 10.4. The molecular formula is C11H16FNO2. The first-order valence-electron chi connectivity index (χ1n) is 4.85. The van der Waals surface area contributed by atoms with Gasteiger partial charge in [-0.25, -0.2) is 0 Å². The molecule has 0 saturated heterocycles. The van der Waals surface area contributed by atoms with E-state index in [0.29, 0.717) is 0 Å². The van der Waals surface area contributed by atoms with Gasteiger partial charge in [-0.1, -0.05) is 39.8 Å². The Morgan fingerprint density at radius 3 is 2.20 bits per heavy atom. The summed E-state index contributed by atoms with van der Waals surface area (Å²) < 4.78 is 13.0. The van der Waals surface area contributed by atoms with Gasteiger partial charge in [-0.2, -0.15) is 4.39 Å². The second-order valence-electron chi connectivity index (χ2n) is 3.48. The van der Waals surface area contributed by atoms with Crippen molar-refractivity contribution in [1.82, 2.24) is 0 Å². The molecule has 3 nitrogen and oxygen atoms in total. The minimum Gasteiger partial charge on any atom is -0.258 e. The Bertz CT molecular complexity index is 327. The van der Waals surface area contributed by atoms with Crippen LogP contribution in [0.2, 0.25) is 0 Å². The lowest BCUT2D eigenvalue weighted by Gasteiger charge is -2.11. The molecule has 0 N–H and O–H groups in total. The van der Waals surface area contributed by atoms with Crippen LogP contribution < -0.4 is 0 Å². The molecule has 0 saturated carbocycles. The molecule has 0 bridgehead atoms. The van der Waals surface area contributed by atoms with Gasteiger partial charge in [-0.05, 0) is 6.08 Å². The number of nitro groups is 1. The van der Waals surface area contributed by atoms with Crippen LogP contribution in [0.25, 0.3) is 0 Å². The molecule has 0 fully saturated rings. The fourth-order valence-electron chi connectivity index (χ4n) is 0.950. The van der Waals surface area contributed by atoms with E-state index in [9.17, 15) is 14.5 Å². The van der Waals surface area contributed by atoms with Crippen LogP contribution in [0, 0.1) is 15.5 Å². The Hall–Kier alpha value is -1.45. The van der Waals surface area contributed by atoms with E-state index in [1.807, 2.05) is 27.7 Å². The topological polar surface area (TPSA) is 43.1 Å². The number of halogens is 1. The van der Waals surface area contributed by atoms with E-state index >= 15 is 0 Å². The number of rotatable bonds is 1. The van der Waals surface area contributed by atoms with Crippen molar-refractivity contribution in [1.29, 1.82) is 0 Å². The Balaban J connectivity index is 0.000000921. The molecule has 0 unspecified atom stereocenters. The molecule has 0 aromatic carbocycles. The van der Waals surface area contributed by atoms with Gasteiger partial charge >= 0.3 is 5.70 Å². The zero-order valence-electron chi connectivity index (χ0n) is 9.45. The smallest absolute Gasteiger partial charge is 0.258 e. The predicted octanol–water partition coefficient (Wildman–Crippen LogP) is 3.62. The van der Waals surface area contributed by atoms with E-state index in [2.05, 4.69) is 0 Å². The maximum absolute atomic E-state index is 13.0. The molecule has 15 heavy (non-hydrogen) atoms. The van der Waals surface area contributed by atoms with Crippen LogP contribution in [0.3, 0.4) is 0 Å². The van der Waals surface area contributed by atoms with E-state index in [0.717, 1.165) is 6.08 Å². The lowest BCUT2D eigenvalue weighted by atomic mass is 9.93. The lowest BCUT2D eigenvalue weighted by molar-refractivity contribution is -0.421. The van der Waals surface area contributed by atoms with Crippen LogP contribution in [0.4, 0.5) is 4.39 Å². The van der Waals surface area contributed by atoms with Crippen molar-refractivity contribution in [3.63, 3.8) is 0 Å². The summed E-state index contributed by atoms with van der Waals surface area (Å²) in [6.07, 6.45) is 5.54. The van der Waals surface area contributed by atoms with Crippen molar-refractivity contribution in [2.45, 2.75) is 27.7 Å².